The van der Waals surface area contributed by atoms with Crippen molar-refractivity contribution in [2.45, 2.75) is 6.92 Å². The number of rotatable bonds is 4. The van der Waals surface area contributed by atoms with Gasteiger partial charge in [0.05, 0.1) is 11.4 Å². The minimum Gasteiger partial charge on any atom is -0.272 e. The van der Waals surface area contributed by atoms with Crippen LogP contribution in [0.15, 0.2) is 60.0 Å². The summed E-state index contributed by atoms with van der Waals surface area (Å²) in [7, 11) is 0. The van der Waals surface area contributed by atoms with Crippen LogP contribution in [0, 0.1) is 5.82 Å². The number of pyridine rings is 1. The maximum absolute atomic E-state index is 12.9. The lowest BCUT2D eigenvalue weighted by Crippen LogP contribution is -2.19. The van der Waals surface area contributed by atoms with E-state index in [9.17, 15) is 9.18 Å². The molecule has 24 heavy (non-hydrogen) atoms. The minimum atomic E-state index is -0.413. The van der Waals surface area contributed by atoms with Crippen molar-refractivity contribution >= 4 is 11.6 Å². The number of aromatic nitrogens is 3. The molecule has 0 aliphatic heterocycles. The van der Waals surface area contributed by atoms with Gasteiger partial charge in [-0.25, -0.2) is 9.82 Å². The van der Waals surface area contributed by atoms with E-state index in [1.165, 1.54) is 12.1 Å². The van der Waals surface area contributed by atoms with Gasteiger partial charge < -0.3 is 0 Å². The average Bonchev–Trinajstić information content (AvgIpc) is 3.11. The Hall–Kier alpha value is -3.35. The molecule has 7 heteroatoms. The van der Waals surface area contributed by atoms with Crippen LogP contribution in [-0.2, 0) is 0 Å². The first-order valence-electron chi connectivity index (χ1n) is 7.20. The molecule has 0 radical (unpaired) electrons. The summed E-state index contributed by atoms with van der Waals surface area (Å²) in [4.78, 5) is 16.0. The minimum absolute atomic E-state index is 0.264. The van der Waals surface area contributed by atoms with Crippen molar-refractivity contribution in [3.8, 4) is 11.3 Å². The van der Waals surface area contributed by atoms with Crippen molar-refractivity contribution in [1.29, 1.82) is 0 Å². The SMILES string of the molecule is C/C(=N/NC(=O)c1cc(-c2ccc(F)cc2)n[nH]1)c1ccncc1. The number of halogens is 1. The van der Waals surface area contributed by atoms with E-state index in [2.05, 4.69) is 25.7 Å². The lowest BCUT2D eigenvalue weighted by atomic mass is 10.1. The fraction of sp³-hybridized carbons (Fsp3) is 0.0588. The first-order chi connectivity index (χ1) is 11.6. The number of hydrogen-bond donors (Lipinski definition) is 2. The van der Waals surface area contributed by atoms with Gasteiger partial charge in [0.25, 0.3) is 5.91 Å². The molecule has 0 unspecified atom stereocenters. The predicted octanol–water partition coefficient (Wildman–Crippen LogP) is 2.76. The Morgan fingerprint density at radius 2 is 1.88 bits per heavy atom. The number of benzene rings is 1. The van der Waals surface area contributed by atoms with Crippen LogP contribution in [0.5, 0.6) is 0 Å². The van der Waals surface area contributed by atoms with Crippen LogP contribution in [0.25, 0.3) is 11.3 Å². The molecular formula is C17H14FN5O. The normalized spacial score (nSPS) is 11.3. The fourth-order valence-electron chi connectivity index (χ4n) is 2.06. The Balaban J connectivity index is 1.71. The Morgan fingerprint density at radius 1 is 1.17 bits per heavy atom. The zero-order valence-corrected chi connectivity index (χ0v) is 12.8. The molecule has 2 heterocycles. The van der Waals surface area contributed by atoms with Crippen molar-refractivity contribution in [3.63, 3.8) is 0 Å². The van der Waals surface area contributed by atoms with Gasteiger partial charge in [0.2, 0.25) is 0 Å². The molecular weight excluding hydrogens is 309 g/mol. The molecule has 3 aromatic rings. The third-order valence-corrected chi connectivity index (χ3v) is 3.39. The predicted molar refractivity (Wildman–Crippen MR) is 87.9 cm³/mol. The van der Waals surface area contributed by atoms with Crippen LogP contribution >= 0.6 is 0 Å². The number of H-pyrrole nitrogens is 1. The Kier molecular flexibility index (Phi) is 4.42. The summed E-state index contributed by atoms with van der Waals surface area (Å²) in [6.07, 6.45) is 3.31. The van der Waals surface area contributed by atoms with Crippen LogP contribution in [0.1, 0.15) is 23.0 Å². The lowest BCUT2D eigenvalue weighted by Gasteiger charge is -2.01. The summed E-state index contributed by atoms with van der Waals surface area (Å²) in [5.41, 5.74) is 5.51. The average molecular weight is 323 g/mol. The van der Waals surface area contributed by atoms with E-state index >= 15 is 0 Å². The van der Waals surface area contributed by atoms with Crippen LogP contribution in [0.4, 0.5) is 4.39 Å². The Bertz CT molecular complexity index is 872. The van der Waals surface area contributed by atoms with Crippen LogP contribution < -0.4 is 5.43 Å². The second-order valence-corrected chi connectivity index (χ2v) is 5.05. The molecule has 2 aromatic heterocycles. The summed E-state index contributed by atoms with van der Waals surface area (Å²) in [5.74, 6) is -0.738. The second kappa shape index (κ2) is 6.82. The summed E-state index contributed by atoms with van der Waals surface area (Å²) < 4.78 is 12.9. The lowest BCUT2D eigenvalue weighted by molar-refractivity contribution is 0.0950. The van der Waals surface area contributed by atoms with Gasteiger partial charge in [-0.3, -0.25) is 14.9 Å². The fourth-order valence-corrected chi connectivity index (χ4v) is 2.06. The zero-order chi connectivity index (χ0) is 16.9. The molecule has 0 aliphatic carbocycles. The molecule has 0 saturated heterocycles. The van der Waals surface area contributed by atoms with E-state index in [-0.39, 0.29) is 11.5 Å². The zero-order valence-electron chi connectivity index (χ0n) is 12.8. The molecule has 0 saturated carbocycles. The monoisotopic (exact) mass is 323 g/mol. The molecule has 120 valence electrons. The van der Waals surface area contributed by atoms with Crippen molar-refractivity contribution in [2.75, 3.05) is 0 Å². The third kappa shape index (κ3) is 3.52. The molecule has 1 aromatic carbocycles. The molecule has 2 N–H and O–H groups in total. The van der Waals surface area contributed by atoms with Gasteiger partial charge in [-0.1, -0.05) is 0 Å². The molecule has 3 rings (SSSR count). The van der Waals surface area contributed by atoms with E-state index in [1.807, 2.05) is 0 Å². The van der Waals surface area contributed by atoms with Crippen LogP contribution in [-0.4, -0.2) is 26.8 Å². The van der Waals surface area contributed by atoms with E-state index < -0.39 is 5.91 Å². The summed E-state index contributed by atoms with van der Waals surface area (Å²) in [6, 6.07) is 11.1. The summed E-state index contributed by atoms with van der Waals surface area (Å²) >= 11 is 0. The first-order valence-corrected chi connectivity index (χ1v) is 7.20. The van der Waals surface area contributed by atoms with Gasteiger partial charge in [0, 0.05) is 23.5 Å². The number of hydrogen-bond acceptors (Lipinski definition) is 4. The molecule has 0 spiro atoms. The van der Waals surface area contributed by atoms with Crippen molar-refractivity contribution in [1.82, 2.24) is 20.6 Å². The maximum Gasteiger partial charge on any atom is 0.289 e. The Labute approximate surface area is 137 Å². The third-order valence-electron chi connectivity index (χ3n) is 3.39. The van der Waals surface area contributed by atoms with Gasteiger partial charge >= 0.3 is 0 Å². The van der Waals surface area contributed by atoms with E-state index in [4.69, 9.17) is 0 Å². The number of hydrazone groups is 1. The molecule has 0 fully saturated rings. The first kappa shape index (κ1) is 15.5. The van der Waals surface area contributed by atoms with Crippen molar-refractivity contribution < 1.29 is 9.18 Å². The van der Waals surface area contributed by atoms with Gasteiger partial charge in [-0.05, 0) is 49.4 Å². The second-order valence-electron chi connectivity index (χ2n) is 5.05. The smallest absolute Gasteiger partial charge is 0.272 e. The number of amides is 1. The van der Waals surface area contributed by atoms with E-state index in [1.54, 1.807) is 49.6 Å². The molecule has 0 atom stereocenters. The molecule has 0 bridgehead atoms. The van der Waals surface area contributed by atoms with Crippen molar-refractivity contribution in [2.24, 2.45) is 5.10 Å². The number of carbonyl (C=O) groups excluding carboxylic acids is 1. The quantitative estimate of drug-likeness (QED) is 0.572. The highest BCUT2D eigenvalue weighted by Crippen LogP contribution is 2.17. The summed E-state index contributed by atoms with van der Waals surface area (Å²) in [6.45, 7) is 1.78. The topological polar surface area (TPSA) is 83.0 Å². The molecule has 1 amide bonds. The van der Waals surface area contributed by atoms with Gasteiger partial charge in [0.15, 0.2) is 0 Å². The standard InChI is InChI=1S/C17H14FN5O/c1-11(12-6-8-19-9-7-12)20-23-17(24)16-10-15(21-22-16)13-2-4-14(18)5-3-13/h2-10H,1H3,(H,21,22)(H,23,24)/b20-11-. The number of nitrogens with zero attached hydrogens (tertiary/aromatic N) is 3. The number of carbonyl (C=O) groups is 1. The number of nitrogens with one attached hydrogen (secondary N) is 2. The van der Waals surface area contributed by atoms with Gasteiger partial charge in [-0.15, -0.1) is 0 Å². The van der Waals surface area contributed by atoms with Gasteiger partial charge in [-0.2, -0.15) is 10.2 Å². The van der Waals surface area contributed by atoms with Crippen LogP contribution in [0.3, 0.4) is 0 Å². The van der Waals surface area contributed by atoms with Crippen LogP contribution in [0.2, 0.25) is 0 Å². The largest absolute Gasteiger partial charge is 0.289 e. The maximum atomic E-state index is 12.9. The highest BCUT2D eigenvalue weighted by Gasteiger charge is 2.11. The van der Waals surface area contributed by atoms with E-state index in [0.717, 1.165) is 5.56 Å². The molecule has 0 aliphatic rings. The molecule has 6 nitrogen and oxygen atoms in total. The van der Waals surface area contributed by atoms with Gasteiger partial charge in [0.1, 0.15) is 11.5 Å². The highest BCUT2D eigenvalue weighted by molar-refractivity contribution is 6.00. The Morgan fingerprint density at radius 3 is 2.58 bits per heavy atom. The highest BCUT2D eigenvalue weighted by atomic mass is 19.1. The summed E-state index contributed by atoms with van der Waals surface area (Å²) in [5, 5.41) is 10.8. The van der Waals surface area contributed by atoms with Crippen molar-refractivity contribution in [3.05, 3.63) is 71.9 Å². The number of aromatic amines is 1. The van der Waals surface area contributed by atoms with E-state index in [0.29, 0.717) is 17.0 Å².